The molecule has 9 heteroatoms. The smallest absolute Gasteiger partial charge is 0.266 e. The first-order valence-corrected chi connectivity index (χ1v) is 8.66. The quantitative estimate of drug-likeness (QED) is 0.332. The molecule has 0 aromatic carbocycles. The summed E-state index contributed by atoms with van der Waals surface area (Å²) in [7, 11) is -3.71. The predicted molar refractivity (Wildman–Crippen MR) is 77.6 cm³/mol. The molecule has 1 aromatic rings. The van der Waals surface area contributed by atoms with Crippen molar-refractivity contribution >= 4 is 27.4 Å². The van der Waals surface area contributed by atoms with E-state index in [4.69, 9.17) is 0 Å². The topological polar surface area (TPSA) is 73.1 Å². The van der Waals surface area contributed by atoms with E-state index in [-0.39, 0.29) is 16.7 Å². The molecule has 0 spiro atoms. The Bertz CT molecular complexity index is 633. The first-order valence-electron chi connectivity index (χ1n) is 6.19. The monoisotopic (exact) mass is 338 g/mol. The Morgan fingerprint density at radius 1 is 1.52 bits per heavy atom. The number of rotatable bonds is 7. The van der Waals surface area contributed by atoms with Crippen molar-refractivity contribution < 1.29 is 21.9 Å². The van der Waals surface area contributed by atoms with Crippen LogP contribution in [-0.4, -0.2) is 36.7 Å². The number of allylic oxidation sites excluding steroid dienone is 1. The first-order chi connectivity index (χ1) is 9.70. The van der Waals surface area contributed by atoms with Crippen LogP contribution in [0.25, 0.3) is 0 Å². The third-order valence-electron chi connectivity index (χ3n) is 2.27. The summed E-state index contributed by atoms with van der Waals surface area (Å²) >= 11 is 0.850. The van der Waals surface area contributed by atoms with Gasteiger partial charge in [-0.05, 0) is 12.5 Å². The maximum atomic E-state index is 11.9. The molecule has 21 heavy (non-hydrogen) atoms. The average Bonchev–Trinajstić information content (AvgIpc) is 2.75. The van der Waals surface area contributed by atoms with E-state index in [1.807, 2.05) is 13.8 Å². The zero-order valence-electron chi connectivity index (χ0n) is 11.6. The fourth-order valence-electron chi connectivity index (χ4n) is 1.44. The molecule has 0 unspecified atom stereocenters. The number of nitrogens with zero attached hydrogens (tertiary/aromatic N) is 2. The summed E-state index contributed by atoms with van der Waals surface area (Å²) < 4.78 is 48.0. The summed E-state index contributed by atoms with van der Waals surface area (Å²) in [6.07, 6.45) is 0.936. The van der Waals surface area contributed by atoms with Crippen LogP contribution < -0.4 is 0 Å². The summed E-state index contributed by atoms with van der Waals surface area (Å²) in [5, 5.41) is 11.5. The van der Waals surface area contributed by atoms with Crippen LogP contribution in [0.1, 0.15) is 25.1 Å². The summed E-state index contributed by atoms with van der Waals surface area (Å²) in [5.41, 5.74) is 0. The van der Waals surface area contributed by atoms with E-state index in [9.17, 15) is 22.4 Å². The second kappa shape index (κ2) is 7.60. The van der Waals surface area contributed by atoms with Crippen LogP contribution in [-0.2, 0) is 9.84 Å². The van der Waals surface area contributed by atoms with Crippen LogP contribution in [0.2, 0.25) is 0 Å². The second-order valence-corrected chi connectivity index (χ2v) is 8.10. The molecule has 0 atom stereocenters. The van der Waals surface area contributed by atoms with Gasteiger partial charge in [-0.2, -0.15) is 8.78 Å². The van der Waals surface area contributed by atoms with Crippen molar-refractivity contribution in [1.82, 2.24) is 4.98 Å². The van der Waals surface area contributed by atoms with Crippen LogP contribution in [0.3, 0.4) is 0 Å². The van der Waals surface area contributed by atoms with Gasteiger partial charge in [0.15, 0.2) is 12.8 Å². The zero-order chi connectivity index (χ0) is 16.0. The van der Waals surface area contributed by atoms with Crippen molar-refractivity contribution in [3.63, 3.8) is 0 Å². The van der Waals surface area contributed by atoms with Crippen LogP contribution in [0.15, 0.2) is 22.7 Å². The molecule has 0 bridgehead atoms. The minimum atomic E-state index is -3.71. The molecule has 0 N–H and O–H groups in total. The number of halogens is 2. The van der Waals surface area contributed by atoms with Gasteiger partial charge in [0.2, 0.25) is 14.2 Å². The normalized spacial score (nSPS) is 12.7. The Kier molecular flexibility index (Phi) is 6.41. The highest BCUT2D eigenvalue weighted by Crippen LogP contribution is 2.19. The molecule has 0 aliphatic carbocycles. The van der Waals surface area contributed by atoms with Crippen molar-refractivity contribution in [3.8, 4) is 0 Å². The van der Waals surface area contributed by atoms with Crippen molar-refractivity contribution in [1.29, 1.82) is 0 Å². The minimum absolute atomic E-state index is 0.167. The van der Waals surface area contributed by atoms with Gasteiger partial charge in [-0.15, -0.1) is 0 Å². The van der Waals surface area contributed by atoms with Gasteiger partial charge in [-0.3, -0.25) is 0 Å². The lowest BCUT2D eigenvalue weighted by atomic mass is 10.2. The molecule has 0 aliphatic rings. The minimum Gasteiger partial charge on any atom is -0.624 e. The molecule has 0 radical (unpaired) electrons. The Morgan fingerprint density at radius 2 is 2.19 bits per heavy atom. The Morgan fingerprint density at radius 3 is 2.76 bits per heavy atom. The molecule has 5 nitrogen and oxygen atoms in total. The molecule has 1 heterocycles. The van der Waals surface area contributed by atoms with Crippen molar-refractivity contribution in [2.75, 3.05) is 12.3 Å². The first kappa shape index (κ1) is 17.7. The van der Waals surface area contributed by atoms with Crippen LogP contribution >= 0.6 is 11.3 Å². The molecule has 0 fully saturated rings. The van der Waals surface area contributed by atoms with Gasteiger partial charge in [0.05, 0.1) is 11.9 Å². The van der Waals surface area contributed by atoms with Gasteiger partial charge in [0.25, 0.3) is 6.08 Å². The van der Waals surface area contributed by atoms with E-state index in [2.05, 4.69) is 4.98 Å². The summed E-state index contributed by atoms with van der Waals surface area (Å²) in [5.74, 6) is -0.262. The van der Waals surface area contributed by atoms with E-state index >= 15 is 0 Å². The summed E-state index contributed by atoms with van der Waals surface area (Å²) in [4.78, 5) is 4.16. The van der Waals surface area contributed by atoms with Gasteiger partial charge in [0.1, 0.15) is 4.88 Å². The fraction of sp³-hybridized carbons (Fsp3) is 0.500. The largest absolute Gasteiger partial charge is 0.624 e. The lowest BCUT2D eigenvalue weighted by Gasteiger charge is -2.04. The molecule has 0 amide bonds. The van der Waals surface area contributed by atoms with E-state index in [0.717, 1.165) is 16.1 Å². The molecule has 0 aliphatic heterocycles. The summed E-state index contributed by atoms with van der Waals surface area (Å²) in [6.45, 7) is 4.07. The predicted octanol–water partition coefficient (Wildman–Crippen LogP) is 2.67. The third-order valence-corrected chi connectivity index (χ3v) is 5.42. The molecule has 0 saturated carbocycles. The second-order valence-electron chi connectivity index (χ2n) is 4.75. The highest BCUT2D eigenvalue weighted by molar-refractivity contribution is 7.93. The maximum absolute atomic E-state index is 11.9. The molecule has 1 rings (SSSR count). The maximum Gasteiger partial charge on any atom is 0.266 e. The lowest BCUT2D eigenvalue weighted by Crippen LogP contribution is -2.12. The molecular weight excluding hydrogens is 322 g/mol. The number of thiazole rings is 1. The van der Waals surface area contributed by atoms with E-state index in [1.165, 1.54) is 12.4 Å². The van der Waals surface area contributed by atoms with Gasteiger partial charge in [-0.1, -0.05) is 25.2 Å². The van der Waals surface area contributed by atoms with Crippen LogP contribution in [0.4, 0.5) is 8.78 Å². The number of hydroxylamine groups is 1. The summed E-state index contributed by atoms with van der Waals surface area (Å²) in [6, 6.07) is 0. The Labute approximate surface area is 126 Å². The SMILES string of the molecule is CC(C)C/[N+]([O-])=C/c1cnc(S(=O)(=O)CCC=C(F)F)s1. The van der Waals surface area contributed by atoms with Gasteiger partial charge in [-0.25, -0.2) is 18.1 Å². The molecular formula is C12H16F2N2O3S2. The zero-order valence-corrected chi connectivity index (χ0v) is 13.3. The van der Waals surface area contributed by atoms with Crippen molar-refractivity contribution in [2.45, 2.75) is 24.6 Å². The number of hydrogen-bond acceptors (Lipinski definition) is 5. The highest BCUT2D eigenvalue weighted by Gasteiger charge is 2.19. The van der Waals surface area contributed by atoms with E-state index in [0.29, 0.717) is 17.5 Å². The lowest BCUT2D eigenvalue weighted by molar-refractivity contribution is -0.459. The van der Waals surface area contributed by atoms with E-state index in [1.54, 1.807) is 0 Å². The van der Waals surface area contributed by atoms with E-state index < -0.39 is 21.7 Å². The molecule has 1 aromatic heterocycles. The Balaban J connectivity index is 2.80. The third kappa shape index (κ3) is 6.30. The fourth-order valence-corrected chi connectivity index (χ4v) is 3.88. The Hall–Kier alpha value is -1.35. The number of aromatic nitrogens is 1. The van der Waals surface area contributed by atoms with Gasteiger partial charge >= 0.3 is 0 Å². The number of hydrogen-bond donors (Lipinski definition) is 0. The van der Waals surface area contributed by atoms with Gasteiger partial charge in [0, 0.05) is 5.92 Å². The van der Waals surface area contributed by atoms with Gasteiger partial charge < -0.3 is 5.21 Å². The molecule has 0 saturated heterocycles. The van der Waals surface area contributed by atoms with Crippen LogP contribution in [0.5, 0.6) is 0 Å². The van der Waals surface area contributed by atoms with Crippen LogP contribution in [0, 0.1) is 11.1 Å². The standard InChI is InChI=1S/C12H16F2N2O3S2/c1-9(2)7-16(17)8-10-6-15-12(20-10)21(18,19)5-3-4-11(13)14/h4,6,8-9H,3,5,7H2,1-2H3/b16-8-. The molecule has 118 valence electrons. The van der Waals surface area contributed by atoms with Crippen molar-refractivity contribution in [2.24, 2.45) is 5.92 Å². The average molecular weight is 338 g/mol. The van der Waals surface area contributed by atoms with Crippen molar-refractivity contribution in [3.05, 3.63) is 28.4 Å². The highest BCUT2D eigenvalue weighted by atomic mass is 32.2. The number of sulfone groups is 1.